The first-order valence-corrected chi connectivity index (χ1v) is 15.2. The average Bonchev–Trinajstić information content (AvgIpc) is 3.01. The first-order valence-electron chi connectivity index (χ1n) is 15.2. The van der Waals surface area contributed by atoms with Gasteiger partial charge in [0.05, 0.1) is 39.5 Å². The van der Waals surface area contributed by atoms with Crippen molar-refractivity contribution in [2.45, 2.75) is 25.3 Å². The molecule has 0 bridgehead atoms. The lowest BCUT2D eigenvalue weighted by Gasteiger charge is -2.36. The third-order valence-electron chi connectivity index (χ3n) is 7.76. The molecule has 1 aliphatic rings. The summed E-state index contributed by atoms with van der Waals surface area (Å²) in [5.41, 5.74) is 1.77. The van der Waals surface area contributed by atoms with Gasteiger partial charge in [-0.15, -0.1) is 0 Å². The second-order valence-electron chi connectivity index (χ2n) is 11.1. The average molecular weight is 645 g/mol. The van der Waals surface area contributed by atoms with Crippen molar-refractivity contribution in [3.63, 3.8) is 0 Å². The van der Waals surface area contributed by atoms with Crippen LogP contribution in [0.15, 0.2) is 60.7 Å². The quantitative estimate of drug-likeness (QED) is 0.201. The minimum absolute atomic E-state index is 0.126. The molecule has 2 aromatic rings. The summed E-state index contributed by atoms with van der Waals surface area (Å²) in [4.78, 5) is 54.9. The lowest BCUT2D eigenvalue weighted by atomic mass is 10.2. The zero-order chi connectivity index (χ0) is 33.3. The van der Waals surface area contributed by atoms with Crippen LogP contribution in [0.1, 0.15) is 11.1 Å². The van der Waals surface area contributed by atoms with E-state index >= 15 is 0 Å². The van der Waals surface area contributed by atoms with Crippen LogP contribution in [0, 0.1) is 0 Å². The van der Waals surface area contributed by atoms with Gasteiger partial charge in [0.25, 0.3) is 0 Å². The van der Waals surface area contributed by atoms with Crippen LogP contribution >= 0.6 is 0 Å². The van der Waals surface area contributed by atoms with Crippen LogP contribution in [-0.4, -0.2) is 155 Å². The molecule has 14 nitrogen and oxygen atoms in total. The van der Waals surface area contributed by atoms with Gasteiger partial charge in [0.1, 0.15) is 12.1 Å². The summed E-state index contributed by atoms with van der Waals surface area (Å²) >= 11 is 0. The molecule has 252 valence electrons. The van der Waals surface area contributed by atoms with Gasteiger partial charge in [-0.2, -0.15) is 0 Å². The van der Waals surface area contributed by atoms with Crippen LogP contribution in [0.3, 0.4) is 0 Å². The van der Waals surface area contributed by atoms with Crippen LogP contribution in [-0.2, 0) is 41.9 Å². The molecule has 0 saturated carbocycles. The van der Waals surface area contributed by atoms with Crippen molar-refractivity contribution < 1.29 is 49.1 Å². The molecule has 0 amide bonds. The zero-order valence-corrected chi connectivity index (χ0v) is 25.9. The van der Waals surface area contributed by atoms with Crippen molar-refractivity contribution in [1.82, 2.24) is 19.6 Å². The molecule has 4 N–H and O–H groups in total. The van der Waals surface area contributed by atoms with E-state index in [9.17, 15) is 39.6 Å². The molecule has 2 atom stereocenters. The van der Waals surface area contributed by atoms with Crippen LogP contribution in [0.2, 0.25) is 0 Å². The van der Waals surface area contributed by atoms with Gasteiger partial charge in [-0.25, -0.2) is 0 Å². The summed E-state index contributed by atoms with van der Waals surface area (Å²) in [6, 6.07) is 16.5. The summed E-state index contributed by atoms with van der Waals surface area (Å²) in [5.74, 6) is -4.36. The molecule has 1 aliphatic heterocycles. The minimum atomic E-state index is -1.11. The van der Waals surface area contributed by atoms with E-state index in [-0.39, 0.29) is 91.9 Å². The van der Waals surface area contributed by atoms with Gasteiger partial charge in [-0.1, -0.05) is 60.7 Å². The topological polar surface area (TPSA) is 181 Å². The van der Waals surface area contributed by atoms with E-state index in [1.165, 1.54) is 0 Å². The molecular formula is C32H44N4O10. The van der Waals surface area contributed by atoms with E-state index in [4.69, 9.17) is 9.47 Å². The standard InChI is InChI=1S/C32H44N4O10/c37-29(38)19-33-11-15-35(27(31(41)42)23-45-21-25-7-3-1-4-8-25)16-12-34(20-30(39)40)14-18-36(17-13-33)28(32(43)44)24-46-22-26-9-5-2-6-10-26/h1-10,27-28H,11-24H2,(H,37,38)(H,39,40)(H,41,42)(H,43,44). The maximum Gasteiger partial charge on any atom is 0.323 e. The maximum atomic E-state index is 12.4. The third kappa shape index (κ3) is 13.2. The number of carboxylic acids is 4. The van der Waals surface area contributed by atoms with Crippen molar-refractivity contribution in [2.75, 3.05) is 78.7 Å². The molecule has 0 aromatic heterocycles. The van der Waals surface area contributed by atoms with Crippen molar-refractivity contribution in [3.05, 3.63) is 71.8 Å². The SMILES string of the molecule is O=C(O)CN1CCN(C(COCc2ccccc2)C(=O)O)CCN(CC(=O)O)CCN(C(COCc2ccccc2)C(=O)O)CC1. The Kier molecular flexibility index (Phi) is 15.5. The largest absolute Gasteiger partial charge is 0.480 e. The predicted octanol–water partition coefficient (Wildman–Crippen LogP) is 0.717. The molecule has 0 radical (unpaired) electrons. The fraction of sp³-hybridized carbons (Fsp3) is 0.500. The number of hydrogen-bond acceptors (Lipinski definition) is 10. The summed E-state index contributed by atoms with van der Waals surface area (Å²) in [7, 11) is 0. The maximum absolute atomic E-state index is 12.4. The highest BCUT2D eigenvalue weighted by atomic mass is 16.5. The van der Waals surface area contributed by atoms with Gasteiger partial charge in [-0.3, -0.25) is 38.8 Å². The van der Waals surface area contributed by atoms with Crippen molar-refractivity contribution in [2.24, 2.45) is 0 Å². The van der Waals surface area contributed by atoms with E-state index in [0.717, 1.165) is 11.1 Å². The predicted molar refractivity (Wildman–Crippen MR) is 166 cm³/mol. The number of carbonyl (C=O) groups is 4. The van der Waals surface area contributed by atoms with Crippen LogP contribution in [0.25, 0.3) is 0 Å². The highest BCUT2D eigenvalue weighted by Gasteiger charge is 2.30. The number of benzene rings is 2. The molecule has 1 fully saturated rings. The lowest BCUT2D eigenvalue weighted by Crippen LogP contribution is -2.54. The van der Waals surface area contributed by atoms with Gasteiger partial charge in [0.15, 0.2) is 0 Å². The van der Waals surface area contributed by atoms with Gasteiger partial charge in [-0.05, 0) is 11.1 Å². The zero-order valence-electron chi connectivity index (χ0n) is 25.9. The number of rotatable bonds is 16. The highest BCUT2D eigenvalue weighted by Crippen LogP contribution is 2.11. The monoisotopic (exact) mass is 644 g/mol. The number of carboxylic acid groups (broad SMARTS) is 4. The summed E-state index contributed by atoms with van der Waals surface area (Å²) in [5, 5.41) is 39.4. The Balaban J connectivity index is 1.76. The van der Waals surface area contributed by atoms with Gasteiger partial charge >= 0.3 is 23.9 Å². The van der Waals surface area contributed by atoms with E-state index in [1.54, 1.807) is 19.6 Å². The molecule has 1 heterocycles. The first kappa shape index (κ1) is 36.5. The van der Waals surface area contributed by atoms with Gasteiger partial charge in [0, 0.05) is 52.4 Å². The number of ether oxygens (including phenoxy) is 2. The fourth-order valence-corrected chi connectivity index (χ4v) is 5.24. The second-order valence-corrected chi connectivity index (χ2v) is 11.1. The van der Waals surface area contributed by atoms with Crippen LogP contribution < -0.4 is 0 Å². The molecule has 0 aliphatic carbocycles. The Labute approximate surface area is 268 Å². The van der Waals surface area contributed by atoms with Gasteiger partial charge < -0.3 is 29.9 Å². The van der Waals surface area contributed by atoms with E-state index < -0.39 is 36.0 Å². The molecule has 2 unspecified atom stereocenters. The summed E-state index contributed by atoms with van der Waals surface area (Å²) in [6.45, 7) is 0.943. The van der Waals surface area contributed by atoms with Gasteiger partial charge in [0.2, 0.25) is 0 Å². The van der Waals surface area contributed by atoms with E-state index in [1.807, 2.05) is 60.7 Å². The number of hydrogen-bond donors (Lipinski definition) is 4. The fourth-order valence-electron chi connectivity index (χ4n) is 5.24. The minimum Gasteiger partial charge on any atom is -0.480 e. The highest BCUT2D eigenvalue weighted by molar-refractivity contribution is 5.74. The van der Waals surface area contributed by atoms with Crippen LogP contribution in [0.4, 0.5) is 0 Å². The Morgan fingerprint density at radius 2 is 0.870 bits per heavy atom. The van der Waals surface area contributed by atoms with Crippen molar-refractivity contribution in [1.29, 1.82) is 0 Å². The van der Waals surface area contributed by atoms with Crippen molar-refractivity contribution in [3.8, 4) is 0 Å². The van der Waals surface area contributed by atoms with Crippen LogP contribution in [0.5, 0.6) is 0 Å². The molecule has 3 rings (SSSR count). The van der Waals surface area contributed by atoms with Crippen molar-refractivity contribution >= 4 is 23.9 Å². The molecule has 1 saturated heterocycles. The second kappa shape index (κ2) is 19.6. The summed E-state index contributed by atoms with van der Waals surface area (Å²) < 4.78 is 11.5. The Morgan fingerprint density at radius 1 is 0.543 bits per heavy atom. The number of nitrogens with zero attached hydrogens (tertiary/aromatic N) is 4. The Hall–Kier alpha value is -3.92. The lowest BCUT2D eigenvalue weighted by molar-refractivity contribution is -0.148. The molecule has 14 heteroatoms. The summed E-state index contributed by atoms with van der Waals surface area (Å²) in [6.07, 6.45) is 0. The normalized spacial score (nSPS) is 17.7. The molecular weight excluding hydrogens is 600 g/mol. The van der Waals surface area contributed by atoms with E-state index in [0.29, 0.717) is 0 Å². The third-order valence-corrected chi connectivity index (χ3v) is 7.76. The molecule has 2 aromatic carbocycles. The first-order chi connectivity index (χ1) is 22.1. The molecule has 0 spiro atoms. The smallest absolute Gasteiger partial charge is 0.323 e. The van der Waals surface area contributed by atoms with E-state index in [2.05, 4.69) is 0 Å². The Bertz CT molecular complexity index is 1120. The Morgan fingerprint density at radius 3 is 1.15 bits per heavy atom. The molecule has 46 heavy (non-hydrogen) atoms. The number of aliphatic carboxylic acids is 4.